The monoisotopic (exact) mass is 581 g/mol. The number of anilines is 1. The molecule has 1 aromatic heterocycles. The average molecular weight is 582 g/mol. The van der Waals surface area contributed by atoms with Gasteiger partial charge in [0.25, 0.3) is 0 Å². The molecule has 1 saturated heterocycles. The minimum Gasteiger partial charge on any atom is -0.370 e. The van der Waals surface area contributed by atoms with Gasteiger partial charge in [0, 0.05) is 32.4 Å². The Morgan fingerprint density at radius 2 is 1.77 bits per heavy atom. The van der Waals surface area contributed by atoms with Crippen molar-refractivity contribution in [3.63, 3.8) is 0 Å². The lowest BCUT2D eigenvalue weighted by atomic mass is 10.1. The maximum atomic E-state index is 13.2. The maximum absolute atomic E-state index is 13.2. The zero-order chi connectivity index (χ0) is 28.4. The van der Waals surface area contributed by atoms with Crippen molar-refractivity contribution in [3.05, 3.63) is 64.4 Å². The van der Waals surface area contributed by atoms with Crippen LogP contribution in [0.1, 0.15) is 49.9 Å². The number of halogens is 4. The molecule has 7 nitrogen and oxygen atoms in total. The van der Waals surface area contributed by atoms with Gasteiger partial charge in [-0.3, -0.25) is 4.99 Å². The van der Waals surface area contributed by atoms with Crippen LogP contribution in [0.5, 0.6) is 0 Å². The SMILES string of the molecule is CCN(CC)S(=O)(=O)c1ccc(N2CCCCC2)c(N=Cc2c(C)nn(-c3cccc(C(F)(F)F)c3)c2Cl)c1. The Morgan fingerprint density at radius 1 is 1.08 bits per heavy atom. The summed E-state index contributed by atoms with van der Waals surface area (Å²) in [4.78, 5) is 6.98. The van der Waals surface area contributed by atoms with Crippen LogP contribution in [0.2, 0.25) is 5.15 Å². The minimum atomic E-state index is -4.50. The molecule has 0 spiro atoms. The lowest BCUT2D eigenvalue weighted by Crippen LogP contribution is -2.31. The molecule has 210 valence electrons. The number of nitrogens with zero attached hydrogens (tertiary/aromatic N) is 5. The molecule has 3 aromatic rings. The average Bonchev–Trinajstić information content (AvgIpc) is 3.20. The Kier molecular flexibility index (Phi) is 8.72. The molecule has 4 rings (SSSR count). The van der Waals surface area contributed by atoms with Crippen molar-refractivity contribution >= 4 is 39.2 Å². The predicted octanol–water partition coefficient (Wildman–Crippen LogP) is 6.62. The van der Waals surface area contributed by atoms with Gasteiger partial charge in [-0.2, -0.15) is 22.6 Å². The second-order valence-electron chi connectivity index (χ2n) is 9.30. The smallest absolute Gasteiger partial charge is 0.370 e. The first-order valence-electron chi connectivity index (χ1n) is 12.8. The van der Waals surface area contributed by atoms with E-state index in [2.05, 4.69) is 15.0 Å². The zero-order valence-electron chi connectivity index (χ0n) is 22.0. The number of aryl methyl sites for hydroxylation is 1. The van der Waals surface area contributed by atoms with Crippen LogP contribution >= 0.6 is 11.6 Å². The molecule has 0 N–H and O–H groups in total. The quantitative estimate of drug-likeness (QED) is 0.280. The number of alkyl halides is 3. The highest BCUT2D eigenvalue weighted by Gasteiger charge is 2.31. The first kappa shape index (κ1) is 29.1. The summed E-state index contributed by atoms with van der Waals surface area (Å²) in [7, 11) is -3.71. The molecule has 0 unspecified atom stereocenters. The van der Waals surface area contributed by atoms with Crippen molar-refractivity contribution < 1.29 is 21.6 Å². The van der Waals surface area contributed by atoms with Crippen LogP contribution in [0.4, 0.5) is 24.5 Å². The number of hydrogen-bond acceptors (Lipinski definition) is 5. The molecule has 0 aliphatic carbocycles. The molecule has 1 aliphatic rings. The van der Waals surface area contributed by atoms with Gasteiger partial charge in [0.2, 0.25) is 10.0 Å². The summed E-state index contributed by atoms with van der Waals surface area (Å²) in [5.74, 6) is 0. The fourth-order valence-electron chi connectivity index (χ4n) is 4.66. The van der Waals surface area contributed by atoms with E-state index in [1.807, 2.05) is 0 Å². The molecule has 1 fully saturated rings. The van der Waals surface area contributed by atoms with E-state index in [9.17, 15) is 21.6 Å². The lowest BCUT2D eigenvalue weighted by molar-refractivity contribution is -0.137. The van der Waals surface area contributed by atoms with Gasteiger partial charge in [-0.15, -0.1) is 0 Å². The molecular weight excluding hydrogens is 551 g/mol. The summed E-state index contributed by atoms with van der Waals surface area (Å²) in [6.45, 7) is 7.60. The second kappa shape index (κ2) is 11.7. The highest BCUT2D eigenvalue weighted by molar-refractivity contribution is 7.89. The number of benzene rings is 2. The Hall–Kier alpha value is -2.89. The van der Waals surface area contributed by atoms with Gasteiger partial charge >= 0.3 is 6.18 Å². The molecule has 2 aromatic carbocycles. The Bertz CT molecular complexity index is 1460. The van der Waals surface area contributed by atoms with Crippen molar-refractivity contribution in [1.82, 2.24) is 14.1 Å². The van der Waals surface area contributed by atoms with E-state index in [4.69, 9.17) is 11.6 Å². The van der Waals surface area contributed by atoms with Crippen LogP contribution in [0.25, 0.3) is 5.69 Å². The van der Waals surface area contributed by atoms with Gasteiger partial charge in [0.1, 0.15) is 5.15 Å². The van der Waals surface area contributed by atoms with Crippen LogP contribution in [0.15, 0.2) is 52.4 Å². The Labute approximate surface area is 232 Å². The Balaban J connectivity index is 1.77. The summed E-state index contributed by atoms with van der Waals surface area (Å²) >= 11 is 6.58. The predicted molar refractivity (Wildman–Crippen MR) is 148 cm³/mol. The molecule has 0 atom stereocenters. The molecule has 39 heavy (non-hydrogen) atoms. The highest BCUT2D eigenvalue weighted by Crippen LogP contribution is 2.35. The van der Waals surface area contributed by atoms with Crippen molar-refractivity contribution in [2.75, 3.05) is 31.1 Å². The van der Waals surface area contributed by atoms with E-state index < -0.39 is 21.8 Å². The third-order valence-corrected chi connectivity index (χ3v) is 9.20. The molecule has 0 bridgehead atoms. The number of rotatable bonds is 8. The van der Waals surface area contributed by atoms with E-state index >= 15 is 0 Å². The van der Waals surface area contributed by atoms with E-state index in [1.54, 1.807) is 39.0 Å². The van der Waals surface area contributed by atoms with E-state index in [0.29, 0.717) is 30.0 Å². The minimum absolute atomic E-state index is 0.0991. The molecule has 0 amide bonds. The standard InChI is InChI=1S/C27H31ClF3N5O2S/c1-4-35(5-2)39(37,38)22-12-13-25(34-14-7-6-8-15-34)24(17-22)32-18-23-19(3)33-36(26(23)28)21-11-9-10-20(16-21)27(29,30)31/h9-13,16-18H,4-8,14-15H2,1-3H3. The van der Waals surface area contributed by atoms with Gasteiger partial charge in [-0.25, -0.2) is 13.1 Å². The first-order chi connectivity index (χ1) is 18.5. The molecular formula is C27H31ClF3N5O2S. The van der Waals surface area contributed by atoms with Crippen molar-refractivity contribution in [2.24, 2.45) is 4.99 Å². The van der Waals surface area contributed by atoms with Gasteiger partial charge in [0.15, 0.2) is 0 Å². The first-order valence-corrected chi connectivity index (χ1v) is 14.6. The molecule has 1 aliphatic heterocycles. The maximum Gasteiger partial charge on any atom is 0.416 e. The van der Waals surface area contributed by atoms with Crippen LogP contribution in [0, 0.1) is 6.92 Å². The van der Waals surface area contributed by atoms with Crippen molar-refractivity contribution in [1.29, 1.82) is 0 Å². The van der Waals surface area contributed by atoms with E-state index in [1.165, 1.54) is 27.3 Å². The third kappa shape index (κ3) is 6.15. The summed E-state index contributed by atoms with van der Waals surface area (Å²) < 4.78 is 68.8. The number of piperidine rings is 1. The van der Waals surface area contributed by atoms with Gasteiger partial charge < -0.3 is 4.90 Å². The fourth-order valence-corrected chi connectivity index (χ4v) is 6.46. The number of aromatic nitrogens is 2. The summed E-state index contributed by atoms with van der Waals surface area (Å²) in [5.41, 5.74) is 1.52. The van der Waals surface area contributed by atoms with Gasteiger partial charge in [-0.05, 0) is 62.6 Å². The van der Waals surface area contributed by atoms with E-state index in [0.717, 1.165) is 50.2 Å². The van der Waals surface area contributed by atoms with Crippen molar-refractivity contribution in [3.8, 4) is 5.69 Å². The zero-order valence-corrected chi connectivity index (χ0v) is 23.6. The van der Waals surface area contributed by atoms with Crippen LogP contribution in [-0.2, 0) is 16.2 Å². The van der Waals surface area contributed by atoms with Gasteiger partial charge in [0.05, 0.1) is 38.8 Å². The molecule has 2 heterocycles. The fraction of sp³-hybridized carbons (Fsp3) is 0.407. The van der Waals surface area contributed by atoms with E-state index in [-0.39, 0.29) is 15.7 Å². The summed E-state index contributed by atoms with van der Waals surface area (Å²) in [6, 6.07) is 9.72. The largest absolute Gasteiger partial charge is 0.416 e. The summed E-state index contributed by atoms with van der Waals surface area (Å²) in [6.07, 6.45) is 0.170. The van der Waals surface area contributed by atoms with Gasteiger partial charge in [-0.1, -0.05) is 31.5 Å². The molecule has 12 heteroatoms. The highest BCUT2D eigenvalue weighted by atomic mass is 35.5. The molecule has 0 radical (unpaired) electrons. The number of aliphatic imine (C=N–C) groups is 1. The summed E-state index contributed by atoms with van der Waals surface area (Å²) in [5, 5.41) is 4.44. The third-order valence-electron chi connectivity index (χ3n) is 6.79. The van der Waals surface area contributed by atoms with Crippen LogP contribution in [-0.4, -0.2) is 54.9 Å². The topological polar surface area (TPSA) is 70.8 Å². The second-order valence-corrected chi connectivity index (χ2v) is 11.6. The normalized spacial score (nSPS) is 15.0. The lowest BCUT2D eigenvalue weighted by Gasteiger charge is -2.30. The number of hydrogen-bond donors (Lipinski definition) is 0. The Morgan fingerprint density at radius 3 is 2.41 bits per heavy atom. The molecule has 0 saturated carbocycles. The number of sulfonamides is 1. The van der Waals surface area contributed by atoms with Crippen LogP contribution in [0.3, 0.4) is 0 Å². The van der Waals surface area contributed by atoms with Crippen LogP contribution < -0.4 is 4.90 Å². The van der Waals surface area contributed by atoms with Crippen molar-refractivity contribution in [2.45, 2.75) is 51.1 Å².